The van der Waals surface area contributed by atoms with Gasteiger partial charge in [0.2, 0.25) is 0 Å². The van der Waals surface area contributed by atoms with Gasteiger partial charge in [-0.3, -0.25) is 9.69 Å². The van der Waals surface area contributed by atoms with Crippen LogP contribution < -0.4 is 0 Å². The van der Waals surface area contributed by atoms with Crippen molar-refractivity contribution in [2.24, 2.45) is 0 Å². The van der Waals surface area contributed by atoms with Crippen LogP contribution in [-0.2, 0) is 11.2 Å². The van der Waals surface area contributed by atoms with Crippen molar-refractivity contribution in [3.63, 3.8) is 0 Å². The first-order chi connectivity index (χ1) is 16.6. The van der Waals surface area contributed by atoms with E-state index in [1.807, 2.05) is 65.5 Å². The van der Waals surface area contributed by atoms with Crippen molar-refractivity contribution in [3.05, 3.63) is 113 Å². The molecule has 0 aliphatic carbocycles. The lowest BCUT2D eigenvalue weighted by Crippen LogP contribution is -2.30. The van der Waals surface area contributed by atoms with Gasteiger partial charge in [0.15, 0.2) is 0 Å². The number of carbonyl (C=O) groups excluding carboxylic acids is 1. The zero-order valence-electron chi connectivity index (χ0n) is 18.7. The van der Waals surface area contributed by atoms with Crippen LogP contribution in [0.1, 0.15) is 16.7 Å². The van der Waals surface area contributed by atoms with E-state index in [1.165, 1.54) is 22.9 Å². The van der Waals surface area contributed by atoms with Gasteiger partial charge < -0.3 is 0 Å². The highest BCUT2D eigenvalue weighted by molar-refractivity contribution is 8.26. The highest BCUT2D eigenvalue weighted by atomic mass is 32.2. The summed E-state index contributed by atoms with van der Waals surface area (Å²) in [6, 6.07) is 28.4. The second-order valence-electron chi connectivity index (χ2n) is 8.15. The summed E-state index contributed by atoms with van der Waals surface area (Å²) < 4.78 is 2.46. The molecule has 1 aromatic heterocycles. The molecule has 34 heavy (non-hydrogen) atoms. The molecule has 1 fully saturated rings. The Hall–Kier alpha value is -3.48. The summed E-state index contributed by atoms with van der Waals surface area (Å²) in [6.07, 6.45) is 4.66. The minimum Gasteiger partial charge on any atom is -0.293 e. The average Bonchev–Trinajstić information content (AvgIpc) is 3.40. The zero-order valence-corrected chi connectivity index (χ0v) is 20.4. The molecule has 0 N–H and O–H groups in total. The Kier molecular flexibility index (Phi) is 6.43. The minimum atomic E-state index is -0.0479. The summed E-state index contributed by atoms with van der Waals surface area (Å²) in [7, 11) is 0. The number of hydrogen-bond acceptors (Lipinski definition) is 4. The molecule has 0 atom stereocenters. The molecule has 6 heteroatoms. The number of hydrogen-bond donors (Lipinski definition) is 0. The van der Waals surface area contributed by atoms with Crippen molar-refractivity contribution in [2.75, 3.05) is 6.54 Å². The number of thioether (sulfide) groups is 1. The van der Waals surface area contributed by atoms with Gasteiger partial charge in [-0.15, -0.1) is 0 Å². The monoisotopic (exact) mass is 481 g/mol. The Morgan fingerprint density at radius 2 is 1.62 bits per heavy atom. The van der Waals surface area contributed by atoms with Crippen LogP contribution in [0.2, 0.25) is 0 Å². The van der Waals surface area contributed by atoms with Crippen LogP contribution in [0.3, 0.4) is 0 Å². The van der Waals surface area contributed by atoms with Crippen LogP contribution in [0.15, 0.2) is 96.0 Å². The van der Waals surface area contributed by atoms with Gasteiger partial charge in [0.05, 0.1) is 16.3 Å². The molecule has 1 amide bonds. The third kappa shape index (κ3) is 4.74. The van der Waals surface area contributed by atoms with Crippen molar-refractivity contribution in [1.82, 2.24) is 14.7 Å². The molecular weight excluding hydrogens is 458 g/mol. The first kappa shape index (κ1) is 22.3. The Morgan fingerprint density at radius 1 is 0.941 bits per heavy atom. The number of aromatic nitrogens is 2. The van der Waals surface area contributed by atoms with Crippen LogP contribution >= 0.6 is 24.0 Å². The van der Waals surface area contributed by atoms with Crippen molar-refractivity contribution >= 4 is 40.3 Å². The molecule has 0 unspecified atom stereocenters. The topological polar surface area (TPSA) is 38.1 Å². The number of benzene rings is 3. The van der Waals surface area contributed by atoms with Gasteiger partial charge in [-0.1, -0.05) is 102 Å². The number of para-hydroxylation sites is 1. The number of aryl methyl sites for hydroxylation is 1. The number of thiocarbonyl (C=S) groups is 1. The summed E-state index contributed by atoms with van der Waals surface area (Å²) in [5, 5.41) is 4.87. The lowest BCUT2D eigenvalue weighted by atomic mass is 10.1. The molecule has 1 aliphatic heterocycles. The molecule has 0 bridgehead atoms. The fraction of sp³-hybridized carbons (Fsp3) is 0.107. The quantitative estimate of drug-likeness (QED) is 0.240. The van der Waals surface area contributed by atoms with Gasteiger partial charge in [-0.25, -0.2) is 4.68 Å². The van der Waals surface area contributed by atoms with E-state index in [9.17, 15) is 4.79 Å². The molecule has 4 nitrogen and oxygen atoms in total. The van der Waals surface area contributed by atoms with E-state index in [4.69, 9.17) is 17.3 Å². The molecule has 1 aliphatic rings. The van der Waals surface area contributed by atoms with Crippen molar-refractivity contribution in [2.45, 2.75) is 13.3 Å². The van der Waals surface area contributed by atoms with Crippen molar-refractivity contribution in [3.8, 4) is 16.9 Å². The Labute approximate surface area is 208 Å². The van der Waals surface area contributed by atoms with E-state index in [2.05, 4.69) is 43.3 Å². The summed E-state index contributed by atoms with van der Waals surface area (Å²) >= 11 is 6.91. The maximum Gasteiger partial charge on any atom is 0.266 e. The highest BCUT2D eigenvalue weighted by Crippen LogP contribution is 2.35. The minimum absolute atomic E-state index is 0.0479. The van der Waals surface area contributed by atoms with Crippen molar-refractivity contribution < 1.29 is 4.79 Å². The van der Waals surface area contributed by atoms with Gasteiger partial charge in [0, 0.05) is 23.9 Å². The van der Waals surface area contributed by atoms with Crippen molar-refractivity contribution in [1.29, 1.82) is 0 Å². The highest BCUT2D eigenvalue weighted by Gasteiger charge is 2.32. The van der Waals surface area contributed by atoms with Gasteiger partial charge in [-0.2, -0.15) is 5.10 Å². The summed E-state index contributed by atoms with van der Waals surface area (Å²) in [4.78, 5) is 15.6. The molecule has 4 aromatic rings. The maximum absolute atomic E-state index is 13.2. The fourth-order valence-electron chi connectivity index (χ4n) is 3.86. The predicted molar refractivity (Wildman–Crippen MR) is 144 cm³/mol. The number of nitrogens with zero attached hydrogens (tertiary/aromatic N) is 3. The van der Waals surface area contributed by atoms with Crippen LogP contribution in [-0.4, -0.2) is 31.5 Å². The number of amides is 1. The van der Waals surface area contributed by atoms with Gasteiger partial charge in [0.25, 0.3) is 5.91 Å². The third-order valence-electron chi connectivity index (χ3n) is 5.72. The first-order valence-corrected chi connectivity index (χ1v) is 12.3. The molecule has 1 saturated heterocycles. The van der Waals surface area contributed by atoms with E-state index in [1.54, 1.807) is 4.90 Å². The maximum atomic E-state index is 13.2. The Balaban J connectivity index is 1.47. The molecule has 0 spiro atoms. The van der Waals surface area contributed by atoms with Crippen LogP contribution in [0.25, 0.3) is 23.0 Å². The SMILES string of the molecule is Cc1ccc(-c2nn(-c3ccccc3)cc2/C=C2/SC(=S)N(CCc3ccccc3)C2=O)cc1. The van der Waals surface area contributed by atoms with Crippen LogP contribution in [0.5, 0.6) is 0 Å². The van der Waals surface area contributed by atoms with Gasteiger partial charge in [-0.05, 0) is 37.1 Å². The smallest absolute Gasteiger partial charge is 0.266 e. The molecule has 3 aromatic carbocycles. The third-order valence-corrected chi connectivity index (χ3v) is 7.09. The second kappa shape index (κ2) is 9.79. The second-order valence-corrected chi connectivity index (χ2v) is 9.82. The largest absolute Gasteiger partial charge is 0.293 e. The first-order valence-electron chi connectivity index (χ1n) is 11.1. The standard InChI is InChI=1S/C28H23N3OS2/c1-20-12-14-22(15-13-20)26-23(19-31(29-26)24-10-6-3-7-11-24)18-25-27(32)30(28(33)34-25)17-16-21-8-4-2-5-9-21/h2-15,18-19H,16-17H2,1H3/b25-18+. The van der Waals surface area contributed by atoms with Crippen LogP contribution in [0.4, 0.5) is 0 Å². The molecule has 0 saturated carbocycles. The molecule has 5 rings (SSSR count). The van der Waals surface area contributed by atoms with Gasteiger partial charge in [0.1, 0.15) is 4.32 Å². The summed E-state index contributed by atoms with van der Waals surface area (Å²) in [5.41, 5.74) is 6.06. The normalized spacial score (nSPS) is 14.9. The Bertz CT molecular complexity index is 1360. The fourth-order valence-corrected chi connectivity index (χ4v) is 5.16. The van der Waals surface area contributed by atoms with E-state index >= 15 is 0 Å². The summed E-state index contributed by atoms with van der Waals surface area (Å²) in [5.74, 6) is -0.0479. The lowest BCUT2D eigenvalue weighted by Gasteiger charge is -2.14. The summed E-state index contributed by atoms with van der Waals surface area (Å²) in [6.45, 7) is 2.63. The molecular formula is C28H23N3OS2. The van der Waals surface area contributed by atoms with Gasteiger partial charge >= 0.3 is 0 Å². The van der Waals surface area contributed by atoms with E-state index < -0.39 is 0 Å². The number of rotatable bonds is 6. The van der Waals surface area contributed by atoms with Crippen LogP contribution in [0, 0.1) is 6.92 Å². The van der Waals surface area contributed by atoms with E-state index in [-0.39, 0.29) is 5.91 Å². The molecule has 0 radical (unpaired) electrons. The zero-order chi connectivity index (χ0) is 23.5. The predicted octanol–water partition coefficient (Wildman–Crippen LogP) is 6.29. The van der Waals surface area contributed by atoms with E-state index in [0.717, 1.165) is 28.9 Å². The molecule has 2 heterocycles. The number of carbonyl (C=O) groups is 1. The van der Waals surface area contributed by atoms with E-state index in [0.29, 0.717) is 15.8 Å². The lowest BCUT2D eigenvalue weighted by molar-refractivity contribution is -0.122. The Morgan fingerprint density at radius 3 is 2.32 bits per heavy atom. The average molecular weight is 482 g/mol. The molecule has 168 valence electrons.